The molecule has 5 heteroatoms. The average Bonchev–Trinajstić information content (AvgIpc) is 2.48. The van der Waals surface area contributed by atoms with Gasteiger partial charge in [-0.15, -0.1) is 0 Å². The lowest BCUT2D eigenvalue weighted by Gasteiger charge is -2.09. The monoisotopic (exact) mass is 286 g/mol. The highest BCUT2D eigenvalue weighted by molar-refractivity contribution is 5.95. The standard InChI is InChI=1S/C16H18N2O3/c1-11-13(12-6-3-2-4-7-12)10-14(16(21)18-11)15(20)17-8-5-9-19/h2-4,6-7,10,19H,5,8-9H2,1H3,(H,17,20)(H,18,21). The fourth-order valence-electron chi connectivity index (χ4n) is 2.09. The molecule has 1 heterocycles. The number of carbonyl (C=O) groups is 1. The van der Waals surface area contributed by atoms with Crippen molar-refractivity contribution in [3.8, 4) is 11.1 Å². The first-order chi connectivity index (χ1) is 10.1. The van der Waals surface area contributed by atoms with E-state index in [1.54, 1.807) is 13.0 Å². The van der Waals surface area contributed by atoms with Crippen LogP contribution in [-0.4, -0.2) is 29.1 Å². The lowest BCUT2D eigenvalue weighted by Crippen LogP contribution is -2.31. The number of amides is 1. The third-order valence-electron chi connectivity index (χ3n) is 3.19. The topological polar surface area (TPSA) is 82.2 Å². The van der Waals surface area contributed by atoms with Crippen molar-refractivity contribution < 1.29 is 9.90 Å². The van der Waals surface area contributed by atoms with Crippen LogP contribution in [0.3, 0.4) is 0 Å². The fourth-order valence-corrected chi connectivity index (χ4v) is 2.09. The van der Waals surface area contributed by atoms with Gasteiger partial charge in [0.05, 0.1) is 0 Å². The number of aliphatic hydroxyl groups is 1. The van der Waals surface area contributed by atoms with Crippen LogP contribution < -0.4 is 10.9 Å². The van der Waals surface area contributed by atoms with Crippen LogP contribution in [0.1, 0.15) is 22.5 Å². The van der Waals surface area contributed by atoms with E-state index in [1.807, 2.05) is 30.3 Å². The van der Waals surface area contributed by atoms with E-state index in [-0.39, 0.29) is 12.2 Å². The number of nitrogens with one attached hydrogen (secondary N) is 2. The highest BCUT2D eigenvalue weighted by Gasteiger charge is 2.13. The normalized spacial score (nSPS) is 10.4. The van der Waals surface area contributed by atoms with Gasteiger partial charge in [0, 0.05) is 24.4 Å². The zero-order valence-electron chi connectivity index (χ0n) is 11.8. The van der Waals surface area contributed by atoms with E-state index in [9.17, 15) is 9.59 Å². The molecule has 0 aliphatic carbocycles. The largest absolute Gasteiger partial charge is 0.396 e. The molecule has 21 heavy (non-hydrogen) atoms. The Kier molecular flexibility index (Phi) is 4.90. The molecule has 2 rings (SSSR count). The van der Waals surface area contributed by atoms with Crippen LogP contribution >= 0.6 is 0 Å². The minimum absolute atomic E-state index is 0.000198. The van der Waals surface area contributed by atoms with Crippen molar-refractivity contribution in [2.24, 2.45) is 0 Å². The van der Waals surface area contributed by atoms with Gasteiger partial charge in [0.15, 0.2) is 0 Å². The van der Waals surface area contributed by atoms with E-state index in [2.05, 4.69) is 10.3 Å². The molecule has 1 aromatic heterocycles. The van der Waals surface area contributed by atoms with Gasteiger partial charge in [-0.05, 0) is 25.0 Å². The Labute approximate surface area is 122 Å². The third kappa shape index (κ3) is 3.58. The van der Waals surface area contributed by atoms with Crippen molar-refractivity contribution in [1.82, 2.24) is 10.3 Å². The van der Waals surface area contributed by atoms with Crippen LogP contribution in [0.4, 0.5) is 0 Å². The summed E-state index contributed by atoms with van der Waals surface area (Å²) < 4.78 is 0. The Morgan fingerprint density at radius 3 is 2.67 bits per heavy atom. The van der Waals surface area contributed by atoms with Crippen LogP contribution in [0.5, 0.6) is 0 Å². The Morgan fingerprint density at radius 1 is 1.29 bits per heavy atom. The number of aryl methyl sites for hydroxylation is 1. The molecule has 0 bridgehead atoms. The van der Waals surface area contributed by atoms with Crippen LogP contribution in [0, 0.1) is 6.92 Å². The maximum Gasteiger partial charge on any atom is 0.261 e. The molecule has 0 unspecified atom stereocenters. The second-order valence-corrected chi connectivity index (χ2v) is 4.75. The molecule has 0 spiro atoms. The number of aromatic amines is 1. The highest BCUT2D eigenvalue weighted by Crippen LogP contribution is 2.21. The van der Waals surface area contributed by atoms with Crippen molar-refractivity contribution in [3.05, 3.63) is 58.0 Å². The first-order valence-corrected chi connectivity index (χ1v) is 6.82. The number of hydrogen-bond donors (Lipinski definition) is 3. The smallest absolute Gasteiger partial charge is 0.261 e. The van der Waals surface area contributed by atoms with E-state index in [1.165, 1.54) is 0 Å². The highest BCUT2D eigenvalue weighted by atomic mass is 16.3. The molecular weight excluding hydrogens is 268 g/mol. The molecule has 1 amide bonds. The van der Waals surface area contributed by atoms with Crippen molar-refractivity contribution in [2.45, 2.75) is 13.3 Å². The molecule has 1 aromatic carbocycles. The van der Waals surface area contributed by atoms with Crippen molar-refractivity contribution in [2.75, 3.05) is 13.2 Å². The van der Waals surface area contributed by atoms with E-state index < -0.39 is 11.5 Å². The molecule has 0 saturated heterocycles. The predicted octanol–water partition coefficient (Wildman–Crippen LogP) is 1.46. The molecule has 0 aliphatic rings. The van der Waals surface area contributed by atoms with Crippen LogP contribution in [-0.2, 0) is 0 Å². The summed E-state index contributed by atoms with van der Waals surface area (Å²) in [6.07, 6.45) is 0.459. The SMILES string of the molecule is Cc1[nH]c(=O)c(C(=O)NCCCO)cc1-c1ccccc1. The fraction of sp³-hybridized carbons (Fsp3) is 0.250. The summed E-state index contributed by atoms with van der Waals surface area (Å²) in [5, 5.41) is 11.3. The van der Waals surface area contributed by atoms with E-state index in [4.69, 9.17) is 5.11 Å². The Morgan fingerprint density at radius 2 is 2.00 bits per heavy atom. The Hall–Kier alpha value is -2.40. The zero-order chi connectivity index (χ0) is 15.2. The Balaban J connectivity index is 2.35. The summed E-state index contributed by atoms with van der Waals surface area (Å²) in [5.41, 5.74) is 2.15. The van der Waals surface area contributed by atoms with E-state index >= 15 is 0 Å². The summed E-state index contributed by atoms with van der Waals surface area (Å²) >= 11 is 0. The van der Waals surface area contributed by atoms with Gasteiger partial charge in [-0.3, -0.25) is 9.59 Å². The quantitative estimate of drug-likeness (QED) is 0.728. The number of aromatic nitrogens is 1. The molecule has 3 N–H and O–H groups in total. The number of pyridine rings is 1. The molecule has 0 saturated carbocycles. The molecule has 0 aliphatic heterocycles. The summed E-state index contributed by atoms with van der Waals surface area (Å²) in [7, 11) is 0. The number of aliphatic hydroxyl groups excluding tert-OH is 1. The maximum atomic E-state index is 12.0. The lowest BCUT2D eigenvalue weighted by atomic mass is 10.0. The van der Waals surface area contributed by atoms with Gasteiger partial charge in [-0.1, -0.05) is 30.3 Å². The molecule has 0 atom stereocenters. The summed E-state index contributed by atoms with van der Waals surface area (Å²) in [6.45, 7) is 2.14. The zero-order valence-corrected chi connectivity index (χ0v) is 11.8. The minimum atomic E-state index is -0.429. The van der Waals surface area contributed by atoms with Gasteiger partial charge in [-0.2, -0.15) is 0 Å². The predicted molar refractivity (Wildman–Crippen MR) is 81.3 cm³/mol. The summed E-state index contributed by atoms with van der Waals surface area (Å²) in [4.78, 5) is 26.7. The van der Waals surface area contributed by atoms with Crippen LogP contribution in [0.25, 0.3) is 11.1 Å². The number of hydrogen-bond acceptors (Lipinski definition) is 3. The molecule has 5 nitrogen and oxygen atoms in total. The van der Waals surface area contributed by atoms with Gasteiger partial charge >= 0.3 is 0 Å². The second-order valence-electron chi connectivity index (χ2n) is 4.75. The van der Waals surface area contributed by atoms with E-state index in [0.29, 0.717) is 13.0 Å². The van der Waals surface area contributed by atoms with Gasteiger partial charge in [0.2, 0.25) is 0 Å². The lowest BCUT2D eigenvalue weighted by molar-refractivity contribution is 0.0949. The second kappa shape index (κ2) is 6.85. The summed E-state index contributed by atoms with van der Waals surface area (Å²) in [6, 6.07) is 11.2. The first kappa shape index (κ1) is 15.0. The van der Waals surface area contributed by atoms with Gasteiger partial charge in [0.25, 0.3) is 11.5 Å². The van der Waals surface area contributed by atoms with Crippen molar-refractivity contribution in [1.29, 1.82) is 0 Å². The molecule has 110 valence electrons. The van der Waals surface area contributed by atoms with Crippen molar-refractivity contribution >= 4 is 5.91 Å². The number of carbonyl (C=O) groups excluding carboxylic acids is 1. The van der Waals surface area contributed by atoms with Gasteiger partial charge in [-0.25, -0.2) is 0 Å². The third-order valence-corrected chi connectivity index (χ3v) is 3.19. The molecular formula is C16H18N2O3. The maximum absolute atomic E-state index is 12.0. The summed E-state index contributed by atoms with van der Waals surface area (Å²) in [5.74, 6) is -0.429. The van der Waals surface area contributed by atoms with Crippen molar-refractivity contribution in [3.63, 3.8) is 0 Å². The number of H-pyrrole nitrogens is 1. The van der Waals surface area contributed by atoms with Gasteiger partial charge < -0.3 is 15.4 Å². The minimum Gasteiger partial charge on any atom is -0.396 e. The molecule has 0 radical (unpaired) electrons. The van der Waals surface area contributed by atoms with Crippen LogP contribution in [0.15, 0.2) is 41.2 Å². The average molecular weight is 286 g/mol. The first-order valence-electron chi connectivity index (χ1n) is 6.82. The van der Waals surface area contributed by atoms with E-state index in [0.717, 1.165) is 16.8 Å². The Bertz CT molecular complexity index is 678. The van der Waals surface area contributed by atoms with Crippen LogP contribution in [0.2, 0.25) is 0 Å². The number of rotatable bonds is 5. The molecule has 2 aromatic rings. The number of benzene rings is 1. The molecule has 0 fully saturated rings. The van der Waals surface area contributed by atoms with Gasteiger partial charge in [0.1, 0.15) is 5.56 Å².